The minimum Gasteiger partial charge on any atom is -0.330 e. The molecule has 108 valence electrons. The van der Waals surface area contributed by atoms with Crippen molar-refractivity contribution in [1.29, 1.82) is 0 Å². The van der Waals surface area contributed by atoms with Crippen LogP contribution in [0.15, 0.2) is 15.9 Å². The van der Waals surface area contributed by atoms with Gasteiger partial charge in [0.1, 0.15) is 0 Å². The van der Waals surface area contributed by atoms with Crippen molar-refractivity contribution >= 4 is 27.3 Å². The molecule has 19 heavy (non-hydrogen) atoms. The summed E-state index contributed by atoms with van der Waals surface area (Å²) in [6.07, 6.45) is 8.08. The Labute approximate surface area is 129 Å². The first-order valence-corrected chi connectivity index (χ1v) is 8.92. The molecule has 0 unspecified atom stereocenters. The topological polar surface area (TPSA) is 29.3 Å². The highest BCUT2D eigenvalue weighted by Gasteiger charge is 2.30. The van der Waals surface area contributed by atoms with E-state index in [9.17, 15) is 0 Å². The highest BCUT2D eigenvalue weighted by molar-refractivity contribution is 9.10. The summed E-state index contributed by atoms with van der Waals surface area (Å²) in [7, 11) is 2.22. The maximum atomic E-state index is 6.06. The molecule has 2 nitrogen and oxygen atoms in total. The zero-order valence-corrected chi connectivity index (χ0v) is 14.2. The number of nitrogens with zero attached hydrogens (tertiary/aromatic N) is 1. The molecular formula is C15H25BrN2S. The normalized spacial score (nSPS) is 18.9. The number of thiophene rings is 1. The quantitative estimate of drug-likeness (QED) is 0.835. The van der Waals surface area contributed by atoms with Gasteiger partial charge in [-0.25, -0.2) is 0 Å². The van der Waals surface area contributed by atoms with Crippen molar-refractivity contribution in [2.24, 2.45) is 11.1 Å². The van der Waals surface area contributed by atoms with Gasteiger partial charge in [-0.05, 0) is 66.8 Å². The van der Waals surface area contributed by atoms with Crippen molar-refractivity contribution < 1.29 is 0 Å². The van der Waals surface area contributed by atoms with Gasteiger partial charge in [-0.1, -0.05) is 19.3 Å². The molecule has 2 rings (SSSR count). The summed E-state index contributed by atoms with van der Waals surface area (Å²) >= 11 is 5.35. The molecule has 0 atom stereocenters. The van der Waals surface area contributed by atoms with Crippen LogP contribution in [0.4, 0.5) is 0 Å². The van der Waals surface area contributed by atoms with E-state index in [-0.39, 0.29) is 0 Å². The SMILES string of the molecule is CN(CCC1(CN)CCCCC1)Cc1cc(Br)cs1. The number of hydrogen-bond donors (Lipinski definition) is 1. The Morgan fingerprint density at radius 2 is 2.11 bits per heavy atom. The molecule has 1 saturated carbocycles. The van der Waals surface area contributed by atoms with E-state index >= 15 is 0 Å². The van der Waals surface area contributed by atoms with Crippen LogP contribution in [-0.2, 0) is 6.54 Å². The minimum absolute atomic E-state index is 0.433. The first-order valence-electron chi connectivity index (χ1n) is 7.25. The molecule has 0 spiro atoms. The lowest BCUT2D eigenvalue weighted by Crippen LogP contribution is -2.36. The highest BCUT2D eigenvalue weighted by atomic mass is 79.9. The molecule has 1 aromatic heterocycles. The smallest absolute Gasteiger partial charge is 0.0325 e. The Morgan fingerprint density at radius 1 is 1.37 bits per heavy atom. The predicted molar refractivity (Wildman–Crippen MR) is 87.5 cm³/mol. The lowest BCUT2D eigenvalue weighted by atomic mass is 9.72. The van der Waals surface area contributed by atoms with Crippen LogP contribution < -0.4 is 5.73 Å². The zero-order chi connectivity index (χ0) is 13.7. The Bertz CT molecular complexity index is 385. The second-order valence-electron chi connectivity index (χ2n) is 5.98. The van der Waals surface area contributed by atoms with Crippen molar-refractivity contribution in [1.82, 2.24) is 4.90 Å². The van der Waals surface area contributed by atoms with Gasteiger partial charge in [0.2, 0.25) is 0 Å². The van der Waals surface area contributed by atoms with Crippen LogP contribution >= 0.6 is 27.3 Å². The van der Waals surface area contributed by atoms with Gasteiger partial charge in [-0.15, -0.1) is 11.3 Å². The lowest BCUT2D eigenvalue weighted by molar-refractivity contribution is 0.154. The second-order valence-corrected chi connectivity index (χ2v) is 7.90. The van der Waals surface area contributed by atoms with Gasteiger partial charge >= 0.3 is 0 Å². The Morgan fingerprint density at radius 3 is 2.68 bits per heavy atom. The highest BCUT2D eigenvalue weighted by Crippen LogP contribution is 2.38. The van der Waals surface area contributed by atoms with E-state index in [1.54, 1.807) is 0 Å². The van der Waals surface area contributed by atoms with E-state index in [1.165, 1.54) is 47.9 Å². The predicted octanol–water partition coefficient (Wildman–Crippen LogP) is 4.24. The molecule has 0 aromatic carbocycles. The molecule has 0 radical (unpaired) electrons. The van der Waals surface area contributed by atoms with Gasteiger partial charge in [0.15, 0.2) is 0 Å². The van der Waals surface area contributed by atoms with Crippen molar-refractivity contribution in [3.05, 3.63) is 20.8 Å². The summed E-state index contributed by atoms with van der Waals surface area (Å²) in [6, 6.07) is 2.22. The van der Waals surface area contributed by atoms with Crippen LogP contribution in [0.25, 0.3) is 0 Å². The maximum absolute atomic E-state index is 6.06. The molecular weight excluding hydrogens is 320 g/mol. The van der Waals surface area contributed by atoms with Gasteiger partial charge in [0.25, 0.3) is 0 Å². The van der Waals surface area contributed by atoms with Gasteiger partial charge < -0.3 is 10.6 Å². The van der Waals surface area contributed by atoms with Crippen molar-refractivity contribution in [3.63, 3.8) is 0 Å². The molecule has 1 aromatic rings. The third kappa shape index (κ3) is 4.55. The van der Waals surface area contributed by atoms with E-state index in [1.807, 2.05) is 11.3 Å². The molecule has 1 aliphatic rings. The summed E-state index contributed by atoms with van der Waals surface area (Å²) in [5.41, 5.74) is 6.49. The largest absolute Gasteiger partial charge is 0.330 e. The number of hydrogen-bond acceptors (Lipinski definition) is 3. The fraction of sp³-hybridized carbons (Fsp3) is 0.733. The van der Waals surface area contributed by atoms with Crippen molar-refractivity contribution in [2.75, 3.05) is 20.1 Å². The third-order valence-corrected chi connectivity index (χ3v) is 6.10. The summed E-state index contributed by atoms with van der Waals surface area (Å²) in [5.74, 6) is 0. The molecule has 1 heterocycles. The van der Waals surface area contributed by atoms with Crippen molar-refractivity contribution in [3.8, 4) is 0 Å². The summed E-state index contributed by atoms with van der Waals surface area (Å²) < 4.78 is 1.20. The van der Waals surface area contributed by atoms with Gasteiger partial charge in [0, 0.05) is 21.3 Å². The maximum Gasteiger partial charge on any atom is 0.0325 e. The fourth-order valence-electron chi connectivity index (χ4n) is 3.07. The second kappa shape index (κ2) is 7.21. The standard InChI is InChI=1S/C15H25BrN2S/c1-18(10-14-9-13(16)11-19-14)8-7-15(12-17)5-3-2-4-6-15/h9,11H,2-8,10,12,17H2,1H3. The first kappa shape index (κ1) is 15.5. The molecule has 2 N–H and O–H groups in total. The summed E-state index contributed by atoms with van der Waals surface area (Å²) in [4.78, 5) is 3.87. The average Bonchev–Trinajstić information content (AvgIpc) is 2.83. The van der Waals surface area contributed by atoms with Gasteiger partial charge in [-0.2, -0.15) is 0 Å². The Balaban J connectivity index is 1.80. The molecule has 0 bridgehead atoms. The van der Waals surface area contributed by atoms with Crippen LogP contribution in [0.1, 0.15) is 43.4 Å². The average molecular weight is 345 g/mol. The van der Waals surface area contributed by atoms with E-state index < -0.39 is 0 Å². The van der Waals surface area contributed by atoms with Gasteiger partial charge in [-0.3, -0.25) is 0 Å². The van der Waals surface area contributed by atoms with E-state index in [4.69, 9.17) is 5.73 Å². The van der Waals surface area contributed by atoms with Crippen LogP contribution in [0, 0.1) is 5.41 Å². The van der Waals surface area contributed by atoms with E-state index in [0.29, 0.717) is 5.41 Å². The van der Waals surface area contributed by atoms with Gasteiger partial charge in [0.05, 0.1) is 0 Å². The molecule has 0 aliphatic heterocycles. The van der Waals surface area contributed by atoms with Crippen molar-refractivity contribution in [2.45, 2.75) is 45.1 Å². The monoisotopic (exact) mass is 344 g/mol. The molecule has 1 fully saturated rings. The summed E-state index contributed by atoms with van der Waals surface area (Å²) in [5, 5.41) is 2.16. The van der Waals surface area contributed by atoms with Crippen LogP contribution in [0.5, 0.6) is 0 Å². The first-order chi connectivity index (χ1) is 9.13. The molecule has 0 saturated heterocycles. The van der Waals surface area contributed by atoms with Crippen LogP contribution in [0.2, 0.25) is 0 Å². The third-order valence-electron chi connectivity index (χ3n) is 4.42. The van der Waals surface area contributed by atoms with Crippen LogP contribution in [-0.4, -0.2) is 25.0 Å². The number of nitrogens with two attached hydrogens (primary N) is 1. The lowest BCUT2D eigenvalue weighted by Gasteiger charge is -2.37. The molecule has 4 heteroatoms. The summed E-state index contributed by atoms with van der Waals surface area (Å²) in [6.45, 7) is 3.08. The number of rotatable bonds is 6. The fourth-order valence-corrected chi connectivity index (χ4v) is 4.60. The minimum atomic E-state index is 0.433. The van der Waals surface area contributed by atoms with E-state index in [2.05, 4.69) is 39.3 Å². The Hall–Kier alpha value is 0.1000. The zero-order valence-electron chi connectivity index (χ0n) is 11.8. The van der Waals surface area contributed by atoms with Crippen LogP contribution in [0.3, 0.4) is 0 Å². The number of halogens is 1. The molecule has 0 amide bonds. The van der Waals surface area contributed by atoms with E-state index in [0.717, 1.165) is 19.6 Å². The molecule has 1 aliphatic carbocycles. The Kier molecular flexibility index (Phi) is 5.87.